The maximum atomic E-state index is 13.2. The summed E-state index contributed by atoms with van der Waals surface area (Å²) >= 11 is 0. The molecule has 162 valence electrons. The van der Waals surface area contributed by atoms with E-state index in [-0.39, 0.29) is 17.3 Å². The van der Waals surface area contributed by atoms with Gasteiger partial charge in [0.2, 0.25) is 0 Å². The second kappa shape index (κ2) is 8.26. The van der Waals surface area contributed by atoms with Crippen LogP contribution in [0.15, 0.2) is 76.6 Å². The Bertz CT molecular complexity index is 1340. The van der Waals surface area contributed by atoms with E-state index >= 15 is 0 Å². The minimum atomic E-state index is -0.620. The minimum Gasteiger partial charge on any atom is -0.360 e. The van der Waals surface area contributed by atoms with Crippen LogP contribution < -0.4 is 26.8 Å². The number of pyridine rings is 1. The van der Waals surface area contributed by atoms with Gasteiger partial charge in [0, 0.05) is 17.2 Å². The number of nitrogens with zero attached hydrogens (tertiary/aromatic N) is 1. The van der Waals surface area contributed by atoms with Crippen LogP contribution >= 0.6 is 0 Å². The van der Waals surface area contributed by atoms with Gasteiger partial charge < -0.3 is 16.0 Å². The Hall–Kier alpha value is -4.00. The van der Waals surface area contributed by atoms with Gasteiger partial charge in [0.15, 0.2) is 0 Å². The Kier molecular flexibility index (Phi) is 5.48. The van der Waals surface area contributed by atoms with Gasteiger partial charge in [0.1, 0.15) is 17.5 Å². The highest BCUT2D eigenvalue weighted by atomic mass is 16.2. The third-order valence-corrected chi connectivity index (χ3v) is 5.31. The molecule has 1 amide bonds. The van der Waals surface area contributed by atoms with Crippen molar-refractivity contribution in [1.82, 2.24) is 10.3 Å². The van der Waals surface area contributed by atoms with Gasteiger partial charge in [0.05, 0.1) is 11.9 Å². The molecular formula is C25H24N4O3. The van der Waals surface area contributed by atoms with Crippen molar-refractivity contribution in [2.45, 2.75) is 26.9 Å². The second-order valence-electron chi connectivity index (χ2n) is 8.72. The summed E-state index contributed by atoms with van der Waals surface area (Å²) in [6, 6.07) is 16.7. The van der Waals surface area contributed by atoms with Crippen molar-refractivity contribution < 1.29 is 4.79 Å². The number of anilines is 3. The van der Waals surface area contributed by atoms with E-state index in [2.05, 4.69) is 20.9 Å². The van der Waals surface area contributed by atoms with Crippen LogP contribution in [0.4, 0.5) is 17.1 Å². The second-order valence-corrected chi connectivity index (χ2v) is 8.72. The van der Waals surface area contributed by atoms with Crippen molar-refractivity contribution >= 4 is 33.7 Å². The molecule has 4 aromatic rings. The van der Waals surface area contributed by atoms with Gasteiger partial charge in [-0.1, -0.05) is 57.2 Å². The quantitative estimate of drug-likeness (QED) is 0.319. The van der Waals surface area contributed by atoms with E-state index in [0.29, 0.717) is 11.3 Å². The van der Waals surface area contributed by atoms with Gasteiger partial charge in [-0.05, 0) is 29.0 Å². The van der Waals surface area contributed by atoms with E-state index in [9.17, 15) is 14.4 Å². The lowest BCUT2D eigenvalue weighted by molar-refractivity contribution is 0.0915. The number of fused-ring (bicyclic) bond motifs is 1. The Morgan fingerprint density at radius 2 is 1.62 bits per heavy atom. The summed E-state index contributed by atoms with van der Waals surface area (Å²) in [6.45, 7) is 5.81. The lowest BCUT2D eigenvalue weighted by Crippen LogP contribution is -2.51. The molecule has 1 atom stereocenters. The molecule has 0 aliphatic rings. The van der Waals surface area contributed by atoms with Crippen LogP contribution in [0.25, 0.3) is 10.8 Å². The molecule has 0 saturated heterocycles. The summed E-state index contributed by atoms with van der Waals surface area (Å²) in [7, 11) is 0. The van der Waals surface area contributed by atoms with Crippen LogP contribution in [-0.4, -0.2) is 17.1 Å². The number of carbonyl (C=O) groups excluding carboxylic acids is 1. The molecule has 0 saturated carbocycles. The first kappa shape index (κ1) is 21.2. The van der Waals surface area contributed by atoms with Gasteiger partial charge in [-0.3, -0.25) is 19.4 Å². The molecule has 3 N–H and O–H groups in total. The van der Waals surface area contributed by atoms with Crippen LogP contribution in [-0.2, 0) is 0 Å². The topological polar surface area (TPSA) is 100 Å². The van der Waals surface area contributed by atoms with E-state index < -0.39 is 22.4 Å². The lowest BCUT2D eigenvalue weighted by atomic mass is 9.91. The maximum absolute atomic E-state index is 13.2. The molecule has 4 rings (SSSR count). The molecule has 0 aliphatic heterocycles. The van der Waals surface area contributed by atoms with Crippen LogP contribution in [0.5, 0.6) is 0 Å². The van der Waals surface area contributed by atoms with Gasteiger partial charge in [-0.2, -0.15) is 0 Å². The normalized spacial score (nSPS) is 12.5. The monoisotopic (exact) mass is 428 g/mol. The maximum Gasteiger partial charge on any atom is 0.253 e. The van der Waals surface area contributed by atoms with Crippen molar-refractivity contribution in [2.24, 2.45) is 5.41 Å². The molecule has 3 aromatic carbocycles. The summed E-state index contributed by atoms with van der Waals surface area (Å²) < 4.78 is 0. The lowest BCUT2D eigenvalue weighted by Gasteiger charge is -2.34. The molecule has 7 heteroatoms. The van der Waals surface area contributed by atoms with Crippen molar-refractivity contribution in [3.8, 4) is 0 Å². The van der Waals surface area contributed by atoms with Crippen LogP contribution in [0.3, 0.4) is 0 Å². The highest BCUT2D eigenvalue weighted by Gasteiger charge is 2.31. The van der Waals surface area contributed by atoms with Gasteiger partial charge >= 0.3 is 0 Å². The van der Waals surface area contributed by atoms with E-state index in [0.717, 1.165) is 10.8 Å². The predicted molar refractivity (Wildman–Crippen MR) is 127 cm³/mol. The van der Waals surface area contributed by atoms with Crippen LogP contribution in [0.2, 0.25) is 0 Å². The Labute approximate surface area is 185 Å². The van der Waals surface area contributed by atoms with E-state index in [4.69, 9.17) is 0 Å². The smallest absolute Gasteiger partial charge is 0.253 e. The summed E-state index contributed by atoms with van der Waals surface area (Å²) in [4.78, 5) is 41.7. The molecule has 0 aliphatic carbocycles. The highest BCUT2D eigenvalue weighted by molar-refractivity contribution is 6.07. The molecular weight excluding hydrogens is 404 g/mol. The van der Waals surface area contributed by atoms with E-state index in [1.807, 2.05) is 57.2 Å². The predicted octanol–water partition coefficient (Wildman–Crippen LogP) is 3.79. The fourth-order valence-corrected chi connectivity index (χ4v) is 3.48. The number of carbonyl (C=O) groups is 1. The zero-order chi connectivity index (χ0) is 22.9. The minimum absolute atomic E-state index is 0.150. The first-order valence-electron chi connectivity index (χ1n) is 10.3. The average Bonchev–Trinajstić information content (AvgIpc) is 2.79. The highest BCUT2D eigenvalue weighted by Crippen LogP contribution is 2.26. The van der Waals surface area contributed by atoms with Crippen LogP contribution in [0.1, 0.15) is 31.1 Å². The average molecular weight is 428 g/mol. The molecule has 1 heterocycles. The summed E-state index contributed by atoms with van der Waals surface area (Å²) in [6.07, 6.45) is 2.57. The number of benzene rings is 2. The third-order valence-electron chi connectivity index (χ3n) is 5.31. The molecule has 0 radical (unpaired) electrons. The van der Waals surface area contributed by atoms with Crippen LogP contribution in [0, 0.1) is 5.41 Å². The van der Waals surface area contributed by atoms with Gasteiger partial charge in [-0.15, -0.1) is 0 Å². The number of hydrogen-bond donors (Lipinski definition) is 3. The molecule has 1 aromatic heterocycles. The molecule has 0 bridgehead atoms. The number of amides is 1. The van der Waals surface area contributed by atoms with Crippen molar-refractivity contribution in [3.63, 3.8) is 0 Å². The SMILES string of the molecule is CC(C)(C)C(NC(=O)c1cccc2ccccc12)Nc1c(Nc2cccnc2)c(=O)c1=O. The summed E-state index contributed by atoms with van der Waals surface area (Å²) in [5.74, 6) is -0.269. The standard InChI is InChI=1S/C25H24N4O3/c1-25(2,3)24(29-23(32)18-12-6-9-15-8-4-5-11-17(15)18)28-20-19(21(30)22(20)31)27-16-10-7-13-26-14-16/h4-14,24,27-28H,1-3H3,(H,29,32). The molecule has 1 unspecified atom stereocenters. The molecule has 0 spiro atoms. The number of nitrogens with one attached hydrogen (secondary N) is 3. The zero-order valence-corrected chi connectivity index (χ0v) is 18.1. The first-order chi connectivity index (χ1) is 15.3. The summed E-state index contributed by atoms with van der Waals surface area (Å²) in [5.41, 5.74) is -0.235. The number of rotatable bonds is 6. The van der Waals surface area contributed by atoms with Crippen molar-refractivity contribution in [2.75, 3.05) is 10.6 Å². The number of aromatic nitrogens is 1. The molecule has 0 fully saturated rings. The van der Waals surface area contributed by atoms with Gasteiger partial charge in [-0.25, -0.2) is 0 Å². The first-order valence-corrected chi connectivity index (χ1v) is 10.3. The molecule has 7 nitrogen and oxygen atoms in total. The Morgan fingerprint density at radius 3 is 2.34 bits per heavy atom. The summed E-state index contributed by atoms with van der Waals surface area (Å²) in [5, 5.41) is 10.8. The Balaban J connectivity index is 1.61. The van der Waals surface area contributed by atoms with Crippen molar-refractivity contribution in [1.29, 1.82) is 0 Å². The van der Waals surface area contributed by atoms with E-state index in [1.54, 1.807) is 30.6 Å². The Morgan fingerprint density at radius 1 is 0.906 bits per heavy atom. The largest absolute Gasteiger partial charge is 0.360 e. The fourth-order valence-electron chi connectivity index (χ4n) is 3.48. The van der Waals surface area contributed by atoms with Crippen molar-refractivity contribution in [3.05, 3.63) is 93.0 Å². The molecule has 32 heavy (non-hydrogen) atoms. The fraction of sp³-hybridized carbons (Fsp3) is 0.200. The van der Waals surface area contributed by atoms with E-state index in [1.165, 1.54) is 0 Å². The third kappa shape index (κ3) is 4.09. The zero-order valence-electron chi connectivity index (χ0n) is 18.1. The number of hydrogen-bond acceptors (Lipinski definition) is 6. The van der Waals surface area contributed by atoms with Gasteiger partial charge in [0.25, 0.3) is 16.8 Å².